The molecule has 2 amide bonds. The van der Waals surface area contributed by atoms with Gasteiger partial charge in [-0.05, 0) is 54.9 Å². The molecule has 1 heterocycles. The van der Waals surface area contributed by atoms with E-state index in [9.17, 15) is 9.59 Å². The number of nitrogens with one attached hydrogen (secondary N) is 2. The van der Waals surface area contributed by atoms with Gasteiger partial charge in [0.15, 0.2) is 0 Å². The van der Waals surface area contributed by atoms with Crippen LogP contribution in [0.1, 0.15) is 74.4 Å². The lowest BCUT2D eigenvalue weighted by Crippen LogP contribution is -2.60. The van der Waals surface area contributed by atoms with E-state index in [2.05, 4.69) is 24.5 Å². The average Bonchev–Trinajstić information content (AvgIpc) is 3.13. The first-order valence-electron chi connectivity index (χ1n) is 10.3. The van der Waals surface area contributed by atoms with E-state index < -0.39 is 11.4 Å². The van der Waals surface area contributed by atoms with E-state index in [0.717, 1.165) is 23.5 Å². The van der Waals surface area contributed by atoms with Gasteiger partial charge >= 0.3 is 0 Å². The largest absolute Gasteiger partial charge is 0.366 e. The molecule has 0 bridgehead atoms. The minimum atomic E-state index is -0.635. The van der Waals surface area contributed by atoms with Gasteiger partial charge in [0.2, 0.25) is 11.8 Å². The monoisotopic (exact) mass is 371 g/mol. The molecule has 1 saturated carbocycles. The summed E-state index contributed by atoms with van der Waals surface area (Å²) in [6.45, 7) is 6.92. The van der Waals surface area contributed by atoms with Crippen LogP contribution in [0.2, 0.25) is 0 Å². The van der Waals surface area contributed by atoms with Crippen molar-refractivity contribution < 1.29 is 9.59 Å². The van der Waals surface area contributed by atoms with E-state index in [1.54, 1.807) is 6.07 Å². The van der Waals surface area contributed by atoms with Crippen LogP contribution in [-0.4, -0.2) is 23.4 Å². The third-order valence-electron chi connectivity index (χ3n) is 6.39. The fourth-order valence-electron chi connectivity index (χ4n) is 4.44. The average molecular weight is 372 g/mol. The summed E-state index contributed by atoms with van der Waals surface area (Å²) in [6.07, 6.45) is 6.94. The summed E-state index contributed by atoms with van der Waals surface area (Å²) in [5.74, 6) is 0.823. The topological polar surface area (TPSA) is 84.2 Å². The van der Waals surface area contributed by atoms with Crippen LogP contribution < -0.4 is 16.4 Å². The van der Waals surface area contributed by atoms with Crippen LogP contribution in [-0.2, 0) is 17.8 Å². The standard InChI is InChI=1S/C22H33N3O2/c1-14(2)19(10-15-6-4-5-7-15)25-21(27)22(3)12-17-9-8-16(20(23)26)11-18(17)13-24-22/h8-9,11,14-15,19,24H,4-7,10,12-13H2,1-3H3,(H2,23,26)(H,25,27)/t19-,22-/m1/s1. The third kappa shape index (κ3) is 4.52. The van der Waals surface area contributed by atoms with Crippen molar-refractivity contribution in [3.63, 3.8) is 0 Å². The molecule has 5 nitrogen and oxygen atoms in total. The number of nitrogens with two attached hydrogens (primary N) is 1. The first-order chi connectivity index (χ1) is 12.8. The normalized spacial score (nSPS) is 23.9. The van der Waals surface area contributed by atoms with E-state index in [1.165, 1.54) is 25.7 Å². The van der Waals surface area contributed by atoms with Gasteiger partial charge in [0.05, 0.1) is 5.54 Å². The number of rotatable bonds is 6. The molecule has 0 aromatic heterocycles. The molecule has 27 heavy (non-hydrogen) atoms. The molecular weight excluding hydrogens is 338 g/mol. The molecule has 1 aliphatic heterocycles. The number of amides is 2. The van der Waals surface area contributed by atoms with E-state index in [4.69, 9.17) is 5.73 Å². The van der Waals surface area contributed by atoms with Gasteiger partial charge in [-0.25, -0.2) is 0 Å². The lowest BCUT2D eigenvalue weighted by atomic mass is 9.83. The van der Waals surface area contributed by atoms with Crippen molar-refractivity contribution in [2.45, 2.75) is 77.4 Å². The molecule has 0 radical (unpaired) electrons. The Labute approximate surface area is 162 Å². The van der Waals surface area contributed by atoms with Gasteiger partial charge in [0.25, 0.3) is 0 Å². The summed E-state index contributed by atoms with van der Waals surface area (Å²) in [6, 6.07) is 5.74. The number of hydrogen-bond acceptors (Lipinski definition) is 3. The van der Waals surface area contributed by atoms with Crippen LogP contribution in [0.25, 0.3) is 0 Å². The van der Waals surface area contributed by atoms with Crippen LogP contribution in [0, 0.1) is 11.8 Å². The Morgan fingerprint density at radius 2 is 1.96 bits per heavy atom. The number of hydrogen-bond donors (Lipinski definition) is 3. The Morgan fingerprint density at radius 3 is 2.59 bits per heavy atom. The molecule has 2 aliphatic rings. The molecule has 1 aromatic rings. The Morgan fingerprint density at radius 1 is 1.26 bits per heavy atom. The molecule has 1 aliphatic carbocycles. The van der Waals surface area contributed by atoms with Crippen molar-refractivity contribution in [2.75, 3.05) is 0 Å². The second-order valence-corrected chi connectivity index (χ2v) is 8.92. The van der Waals surface area contributed by atoms with Crippen LogP contribution in [0.3, 0.4) is 0 Å². The number of carbonyl (C=O) groups is 2. The minimum absolute atomic E-state index is 0.0730. The molecular formula is C22H33N3O2. The molecule has 1 fully saturated rings. The van der Waals surface area contributed by atoms with Crippen molar-refractivity contribution >= 4 is 11.8 Å². The second kappa shape index (κ2) is 8.01. The van der Waals surface area contributed by atoms with Gasteiger partial charge in [-0.2, -0.15) is 0 Å². The predicted molar refractivity (Wildman–Crippen MR) is 107 cm³/mol. The summed E-state index contributed by atoms with van der Waals surface area (Å²) >= 11 is 0. The maximum atomic E-state index is 13.1. The second-order valence-electron chi connectivity index (χ2n) is 8.92. The molecule has 148 valence electrons. The Hall–Kier alpha value is -1.88. The van der Waals surface area contributed by atoms with Crippen molar-refractivity contribution in [2.24, 2.45) is 17.6 Å². The minimum Gasteiger partial charge on any atom is -0.366 e. The summed E-state index contributed by atoms with van der Waals surface area (Å²) in [4.78, 5) is 24.5. The quantitative estimate of drug-likeness (QED) is 0.719. The molecule has 2 atom stereocenters. The van der Waals surface area contributed by atoms with Gasteiger partial charge in [-0.1, -0.05) is 45.6 Å². The van der Waals surface area contributed by atoms with E-state index in [1.807, 2.05) is 19.1 Å². The first-order valence-corrected chi connectivity index (χ1v) is 10.3. The lowest BCUT2D eigenvalue weighted by Gasteiger charge is -2.37. The maximum absolute atomic E-state index is 13.1. The van der Waals surface area contributed by atoms with E-state index >= 15 is 0 Å². The SMILES string of the molecule is CC(C)[C@@H](CC1CCCC1)NC(=O)[C@@]1(C)Cc2ccc(C(N)=O)cc2CN1. The number of carbonyl (C=O) groups excluding carboxylic acids is 2. The lowest BCUT2D eigenvalue weighted by molar-refractivity contribution is -0.128. The molecule has 3 rings (SSSR count). The summed E-state index contributed by atoms with van der Waals surface area (Å²) in [5, 5.41) is 6.73. The molecule has 0 unspecified atom stereocenters. The van der Waals surface area contributed by atoms with Crippen LogP contribution >= 0.6 is 0 Å². The maximum Gasteiger partial charge on any atom is 0.248 e. The smallest absolute Gasteiger partial charge is 0.248 e. The highest BCUT2D eigenvalue weighted by Crippen LogP contribution is 2.31. The van der Waals surface area contributed by atoms with Gasteiger partial charge in [0.1, 0.15) is 0 Å². The van der Waals surface area contributed by atoms with Gasteiger partial charge < -0.3 is 11.1 Å². The fraction of sp³-hybridized carbons (Fsp3) is 0.636. The fourth-order valence-corrected chi connectivity index (χ4v) is 4.44. The van der Waals surface area contributed by atoms with Crippen LogP contribution in [0.5, 0.6) is 0 Å². The number of fused-ring (bicyclic) bond motifs is 1. The first kappa shape index (κ1) is 19.9. The van der Waals surface area contributed by atoms with Gasteiger partial charge in [-0.15, -0.1) is 0 Å². The van der Waals surface area contributed by atoms with Crippen molar-refractivity contribution in [1.82, 2.24) is 10.6 Å². The highest BCUT2D eigenvalue weighted by atomic mass is 16.2. The molecule has 4 N–H and O–H groups in total. The van der Waals surface area contributed by atoms with Crippen molar-refractivity contribution in [3.05, 3.63) is 34.9 Å². The highest BCUT2D eigenvalue weighted by molar-refractivity contribution is 5.93. The third-order valence-corrected chi connectivity index (χ3v) is 6.39. The zero-order valence-corrected chi connectivity index (χ0v) is 16.8. The number of primary amides is 1. The van der Waals surface area contributed by atoms with Crippen LogP contribution in [0.15, 0.2) is 18.2 Å². The summed E-state index contributed by atoms with van der Waals surface area (Å²) in [5.41, 5.74) is 7.40. The van der Waals surface area contributed by atoms with Crippen molar-refractivity contribution in [3.8, 4) is 0 Å². The number of benzene rings is 1. The Balaban J connectivity index is 1.69. The predicted octanol–water partition coefficient (Wildman–Crippen LogP) is 2.91. The summed E-state index contributed by atoms with van der Waals surface area (Å²) in [7, 11) is 0. The Bertz CT molecular complexity index is 710. The molecule has 0 spiro atoms. The van der Waals surface area contributed by atoms with Crippen LogP contribution in [0.4, 0.5) is 0 Å². The summed E-state index contributed by atoms with van der Waals surface area (Å²) < 4.78 is 0. The molecule has 1 aromatic carbocycles. The Kier molecular flexibility index (Phi) is 5.89. The zero-order valence-electron chi connectivity index (χ0n) is 16.8. The molecule has 0 saturated heterocycles. The van der Waals surface area contributed by atoms with Gasteiger partial charge in [0, 0.05) is 18.2 Å². The van der Waals surface area contributed by atoms with E-state index in [-0.39, 0.29) is 11.9 Å². The zero-order chi connectivity index (χ0) is 19.6. The van der Waals surface area contributed by atoms with Gasteiger partial charge in [-0.3, -0.25) is 14.9 Å². The molecule has 5 heteroatoms. The van der Waals surface area contributed by atoms with E-state index in [0.29, 0.717) is 24.4 Å². The van der Waals surface area contributed by atoms with Crippen molar-refractivity contribution in [1.29, 1.82) is 0 Å². The highest BCUT2D eigenvalue weighted by Gasteiger charge is 2.38.